The lowest BCUT2D eigenvalue weighted by Gasteiger charge is -2.26. The van der Waals surface area contributed by atoms with E-state index in [4.69, 9.17) is 15.2 Å². The molecule has 2 aliphatic rings. The molecule has 0 bridgehead atoms. The molecule has 30 heavy (non-hydrogen) atoms. The number of likely N-dealkylation sites (tertiary alicyclic amines) is 1. The predicted octanol–water partition coefficient (Wildman–Crippen LogP) is 3.13. The molecule has 3 N–H and O–H groups in total. The summed E-state index contributed by atoms with van der Waals surface area (Å²) in [5, 5.41) is 3.34. The Hall–Kier alpha value is -2.73. The van der Waals surface area contributed by atoms with Crippen LogP contribution in [0.1, 0.15) is 36.4 Å². The summed E-state index contributed by atoms with van der Waals surface area (Å²) in [7, 11) is 0. The van der Waals surface area contributed by atoms with E-state index in [9.17, 15) is 0 Å². The number of ether oxygens (including phenoxy) is 2. The van der Waals surface area contributed by atoms with Gasteiger partial charge in [-0.3, -0.25) is 9.89 Å². The fourth-order valence-corrected chi connectivity index (χ4v) is 4.07. The number of nitrogens with zero attached hydrogens (tertiary/aromatic N) is 2. The summed E-state index contributed by atoms with van der Waals surface area (Å²) in [4.78, 5) is 6.97. The average Bonchev–Trinajstić information content (AvgIpc) is 3.29. The smallest absolute Gasteiger partial charge is 0.189 e. The van der Waals surface area contributed by atoms with Gasteiger partial charge < -0.3 is 20.5 Å². The summed E-state index contributed by atoms with van der Waals surface area (Å²) >= 11 is 0. The van der Waals surface area contributed by atoms with Gasteiger partial charge in [-0.25, -0.2) is 0 Å². The number of hydrogen-bond acceptors (Lipinski definition) is 4. The normalized spacial score (nSPS) is 19.2. The Balaban J connectivity index is 1.20. The van der Waals surface area contributed by atoms with Crippen molar-refractivity contribution in [1.82, 2.24) is 10.2 Å². The molecule has 0 aliphatic carbocycles. The summed E-state index contributed by atoms with van der Waals surface area (Å²) in [6, 6.07) is 16.5. The molecule has 1 saturated heterocycles. The molecule has 0 radical (unpaired) electrons. The number of fused-ring (bicyclic) bond motifs is 1. The minimum Gasteiger partial charge on any atom is -0.493 e. The fourth-order valence-electron chi connectivity index (χ4n) is 4.07. The number of guanidine groups is 1. The highest BCUT2D eigenvalue weighted by Crippen LogP contribution is 2.31. The predicted molar refractivity (Wildman–Crippen MR) is 120 cm³/mol. The van der Waals surface area contributed by atoms with Gasteiger partial charge in [0, 0.05) is 25.1 Å². The molecule has 0 spiro atoms. The van der Waals surface area contributed by atoms with Crippen molar-refractivity contribution in [2.24, 2.45) is 10.7 Å². The van der Waals surface area contributed by atoms with Crippen LogP contribution in [0.5, 0.6) is 11.5 Å². The van der Waals surface area contributed by atoms with Gasteiger partial charge in [0.2, 0.25) is 0 Å². The van der Waals surface area contributed by atoms with Gasteiger partial charge in [0.15, 0.2) is 5.96 Å². The topological polar surface area (TPSA) is 72.1 Å². The van der Waals surface area contributed by atoms with Crippen LogP contribution in [0.25, 0.3) is 0 Å². The van der Waals surface area contributed by atoms with Gasteiger partial charge in [0.1, 0.15) is 18.1 Å². The number of aliphatic imine (C=N–C) groups is 1. The van der Waals surface area contributed by atoms with Crippen molar-refractivity contribution >= 4 is 5.96 Å². The van der Waals surface area contributed by atoms with E-state index in [1.54, 1.807) is 0 Å². The van der Waals surface area contributed by atoms with Crippen LogP contribution >= 0.6 is 0 Å². The molecule has 2 heterocycles. The molecule has 0 saturated carbocycles. The minimum absolute atomic E-state index is 0.149. The lowest BCUT2D eigenvalue weighted by atomic mass is 10.0. The van der Waals surface area contributed by atoms with Crippen molar-refractivity contribution in [3.63, 3.8) is 0 Å². The number of rotatable bonds is 8. The lowest BCUT2D eigenvalue weighted by molar-refractivity contribution is 0.238. The summed E-state index contributed by atoms with van der Waals surface area (Å²) in [6.45, 7) is 5.53. The van der Waals surface area contributed by atoms with Gasteiger partial charge in [0.25, 0.3) is 0 Å². The number of para-hydroxylation sites is 1. The van der Waals surface area contributed by atoms with Crippen LogP contribution in [0.2, 0.25) is 0 Å². The van der Waals surface area contributed by atoms with Crippen molar-refractivity contribution in [3.8, 4) is 11.5 Å². The highest BCUT2D eigenvalue weighted by molar-refractivity contribution is 5.78. The van der Waals surface area contributed by atoms with Crippen LogP contribution in [0.4, 0.5) is 0 Å². The van der Waals surface area contributed by atoms with Crippen LogP contribution < -0.4 is 20.5 Å². The minimum atomic E-state index is 0.149. The first-order chi connectivity index (χ1) is 14.8. The number of nitrogens with two attached hydrogens (primary N) is 1. The van der Waals surface area contributed by atoms with E-state index in [0.717, 1.165) is 43.1 Å². The lowest BCUT2D eigenvalue weighted by Crippen LogP contribution is -2.37. The van der Waals surface area contributed by atoms with Crippen LogP contribution in [0, 0.1) is 0 Å². The zero-order valence-corrected chi connectivity index (χ0v) is 17.6. The van der Waals surface area contributed by atoms with Crippen LogP contribution in [-0.4, -0.2) is 50.3 Å². The number of hydrogen-bond donors (Lipinski definition) is 2. The molecule has 0 amide bonds. The second-order valence-electron chi connectivity index (χ2n) is 7.93. The van der Waals surface area contributed by atoms with Gasteiger partial charge in [-0.15, -0.1) is 0 Å². The van der Waals surface area contributed by atoms with Crippen LogP contribution in [0.15, 0.2) is 53.5 Å². The Morgan fingerprint density at radius 3 is 2.77 bits per heavy atom. The summed E-state index contributed by atoms with van der Waals surface area (Å²) in [6.07, 6.45) is 4.37. The third kappa shape index (κ3) is 5.66. The van der Waals surface area contributed by atoms with Gasteiger partial charge in [-0.2, -0.15) is 0 Å². The first-order valence-corrected chi connectivity index (χ1v) is 11.0. The largest absolute Gasteiger partial charge is 0.493 e. The monoisotopic (exact) mass is 408 g/mol. The van der Waals surface area contributed by atoms with Crippen LogP contribution in [0.3, 0.4) is 0 Å². The second kappa shape index (κ2) is 10.3. The maximum absolute atomic E-state index is 6.13. The zero-order chi connectivity index (χ0) is 20.6. The molecule has 6 heteroatoms. The Labute approximate surface area is 179 Å². The maximum atomic E-state index is 6.13. The first kappa shape index (κ1) is 20.5. The Morgan fingerprint density at radius 2 is 1.93 bits per heavy atom. The average molecular weight is 409 g/mol. The van der Waals surface area contributed by atoms with Crippen molar-refractivity contribution in [1.29, 1.82) is 0 Å². The maximum Gasteiger partial charge on any atom is 0.189 e. The van der Waals surface area contributed by atoms with E-state index >= 15 is 0 Å². The molecule has 1 atom stereocenters. The molecule has 2 aliphatic heterocycles. The molecule has 1 fully saturated rings. The van der Waals surface area contributed by atoms with Gasteiger partial charge in [0.05, 0.1) is 12.6 Å². The highest BCUT2D eigenvalue weighted by atomic mass is 16.5. The third-order valence-electron chi connectivity index (χ3n) is 5.76. The fraction of sp³-hybridized carbons (Fsp3) is 0.458. The Kier molecular flexibility index (Phi) is 7.08. The van der Waals surface area contributed by atoms with E-state index in [2.05, 4.69) is 33.4 Å². The summed E-state index contributed by atoms with van der Waals surface area (Å²) in [5.74, 6) is 2.34. The molecular formula is C24H32N4O2. The third-order valence-corrected chi connectivity index (χ3v) is 5.76. The number of benzene rings is 2. The SMILES string of the molecule is NC(=NCCc1ccc(OCCN2CCCC2)cc1)NC1CCOc2ccccc21. The molecule has 4 rings (SSSR count). The molecular weight excluding hydrogens is 376 g/mol. The van der Waals surface area contributed by atoms with Gasteiger partial charge in [-0.1, -0.05) is 30.3 Å². The van der Waals surface area contributed by atoms with Crippen molar-refractivity contribution in [3.05, 3.63) is 59.7 Å². The number of nitrogens with one attached hydrogen (secondary N) is 1. The van der Waals surface area contributed by atoms with Crippen molar-refractivity contribution < 1.29 is 9.47 Å². The molecule has 2 aromatic carbocycles. The molecule has 0 aromatic heterocycles. The summed E-state index contributed by atoms with van der Waals surface area (Å²) in [5.41, 5.74) is 8.50. The Morgan fingerprint density at radius 1 is 1.13 bits per heavy atom. The van der Waals surface area contributed by atoms with Crippen LogP contribution in [-0.2, 0) is 6.42 Å². The molecule has 1 unspecified atom stereocenters. The van der Waals surface area contributed by atoms with Gasteiger partial charge >= 0.3 is 0 Å². The zero-order valence-electron chi connectivity index (χ0n) is 17.6. The van der Waals surface area contributed by atoms with E-state index < -0.39 is 0 Å². The van der Waals surface area contributed by atoms with Crippen molar-refractivity contribution in [2.45, 2.75) is 31.7 Å². The Bertz CT molecular complexity index is 831. The highest BCUT2D eigenvalue weighted by Gasteiger charge is 2.21. The standard InChI is InChI=1S/C24H32N4O2/c25-24(27-22-12-17-30-23-6-2-1-5-21(22)23)26-13-11-19-7-9-20(10-8-19)29-18-16-28-14-3-4-15-28/h1-2,5-10,22H,3-4,11-18H2,(H3,25,26,27). The second-order valence-corrected chi connectivity index (χ2v) is 7.93. The van der Waals surface area contributed by atoms with Crippen molar-refractivity contribution in [2.75, 3.05) is 39.4 Å². The van der Waals surface area contributed by atoms with Gasteiger partial charge in [-0.05, 0) is 56.1 Å². The van der Waals surface area contributed by atoms with E-state index in [0.29, 0.717) is 19.1 Å². The van der Waals surface area contributed by atoms with E-state index in [1.165, 1.54) is 31.5 Å². The molecule has 160 valence electrons. The molecule has 6 nitrogen and oxygen atoms in total. The molecule has 2 aromatic rings. The summed E-state index contributed by atoms with van der Waals surface area (Å²) < 4.78 is 11.6. The van der Waals surface area contributed by atoms with E-state index in [-0.39, 0.29) is 6.04 Å². The van der Waals surface area contributed by atoms with E-state index in [1.807, 2.05) is 30.3 Å². The first-order valence-electron chi connectivity index (χ1n) is 11.0. The quantitative estimate of drug-likeness (QED) is 0.519.